The summed E-state index contributed by atoms with van der Waals surface area (Å²) in [5.41, 5.74) is 3.10. The summed E-state index contributed by atoms with van der Waals surface area (Å²) in [7, 11) is 0. The highest BCUT2D eigenvalue weighted by molar-refractivity contribution is 6.10. The Balaban J connectivity index is 1.70. The number of allylic oxidation sites excluding steroid dienone is 1. The molecule has 3 aromatic heterocycles. The zero-order valence-electron chi connectivity index (χ0n) is 14.6. The zero-order chi connectivity index (χ0) is 17.6. The Bertz CT molecular complexity index is 877. The molecule has 1 N–H and O–H groups in total. The first-order valence-corrected chi connectivity index (χ1v) is 8.72. The molecular formula is C19H23N5O. The molecule has 3 rings (SSSR count). The molecule has 0 fully saturated rings. The van der Waals surface area contributed by atoms with Crippen molar-refractivity contribution >= 4 is 17.5 Å². The number of carbonyl (C=O) groups is 1. The van der Waals surface area contributed by atoms with Crippen molar-refractivity contribution in [2.45, 2.75) is 39.5 Å². The van der Waals surface area contributed by atoms with Crippen LogP contribution in [0, 0.1) is 5.92 Å². The number of aromatic nitrogens is 5. The van der Waals surface area contributed by atoms with Crippen molar-refractivity contribution in [3.05, 3.63) is 53.8 Å². The molecule has 0 aliphatic carbocycles. The molecule has 0 aromatic carbocycles. The van der Waals surface area contributed by atoms with E-state index in [0.717, 1.165) is 24.1 Å². The number of nitrogens with one attached hydrogen (secondary N) is 1. The second-order valence-corrected chi connectivity index (χ2v) is 6.38. The van der Waals surface area contributed by atoms with Gasteiger partial charge in [-0.3, -0.25) is 9.89 Å². The van der Waals surface area contributed by atoms with Crippen LogP contribution in [-0.4, -0.2) is 30.6 Å². The van der Waals surface area contributed by atoms with E-state index in [1.165, 1.54) is 12.8 Å². The largest absolute Gasteiger partial charge is 0.289 e. The molecule has 0 bridgehead atoms. The topological polar surface area (TPSA) is 75.9 Å². The van der Waals surface area contributed by atoms with Gasteiger partial charge in [0, 0.05) is 23.7 Å². The van der Waals surface area contributed by atoms with Crippen molar-refractivity contribution in [2.75, 3.05) is 0 Å². The minimum absolute atomic E-state index is 0.111. The van der Waals surface area contributed by atoms with Crippen LogP contribution in [0.15, 0.2) is 36.9 Å². The lowest BCUT2D eigenvalue weighted by Gasteiger charge is -2.08. The van der Waals surface area contributed by atoms with Crippen LogP contribution in [0.5, 0.6) is 0 Å². The van der Waals surface area contributed by atoms with Crippen molar-refractivity contribution < 1.29 is 4.79 Å². The van der Waals surface area contributed by atoms with Crippen LogP contribution >= 0.6 is 0 Å². The van der Waals surface area contributed by atoms with Crippen LogP contribution < -0.4 is 0 Å². The molecule has 6 nitrogen and oxygen atoms in total. The fraction of sp³-hybridized carbons (Fsp3) is 0.368. The lowest BCUT2D eigenvalue weighted by Crippen LogP contribution is -1.99. The molecule has 0 aliphatic heterocycles. The van der Waals surface area contributed by atoms with E-state index in [2.05, 4.69) is 34.1 Å². The van der Waals surface area contributed by atoms with E-state index in [0.29, 0.717) is 17.1 Å². The fourth-order valence-electron chi connectivity index (χ4n) is 2.95. The Morgan fingerprint density at radius 3 is 3.08 bits per heavy atom. The summed E-state index contributed by atoms with van der Waals surface area (Å²) < 4.78 is 1.60. The van der Waals surface area contributed by atoms with Gasteiger partial charge in [-0.1, -0.05) is 26.7 Å². The number of H-pyrrole nitrogens is 1. The van der Waals surface area contributed by atoms with Gasteiger partial charge in [0.05, 0.1) is 18.0 Å². The van der Waals surface area contributed by atoms with Gasteiger partial charge in [-0.25, -0.2) is 9.50 Å². The number of aryl methyl sites for hydroxylation is 1. The predicted octanol–water partition coefficient (Wildman–Crippen LogP) is 3.72. The molecule has 0 saturated heterocycles. The first kappa shape index (κ1) is 17.1. The molecule has 1 unspecified atom stereocenters. The maximum Gasteiger partial charge on any atom is 0.191 e. The second-order valence-electron chi connectivity index (χ2n) is 6.38. The summed E-state index contributed by atoms with van der Waals surface area (Å²) in [6.45, 7) is 4.48. The minimum atomic E-state index is -0.111. The molecule has 0 saturated carbocycles. The van der Waals surface area contributed by atoms with Gasteiger partial charge in [-0.2, -0.15) is 10.2 Å². The summed E-state index contributed by atoms with van der Waals surface area (Å²) in [5.74, 6) is 0.580. The third-order valence-corrected chi connectivity index (χ3v) is 4.38. The van der Waals surface area contributed by atoms with Crippen molar-refractivity contribution in [2.24, 2.45) is 5.92 Å². The van der Waals surface area contributed by atoms with Crippen molar-refractivity contribution in [1.82, 2.24) is 24.8 Å². The Labute approximate surface area is 147 Å². The Morgan fingerprint density at radius 1 is 1.36 bits per heavy atom. The van der Waals surface area contributed by atoms with E-state index >= 15 is 0 Å². The van der Waals surface area contributed by atoms with Gasteiger partial charge in [0.1, 0.15) is 0 Å². The number of fused-ring (bicyclic) bond motifs is 1. The van der Waals surface area contributed by atoms with Gasteiger partial charge in [0.2, 0.25) is 0 Å². The molecule has 0 spiro atoms. The molecular weight excluding hydrogens is 314 g/mol. The fourth-order valence-corrected chi connectivity index (χ4v) is 2.95. The number of rotatable bonds is 8. The molecule has 25 heavy (non-hydrogen) atoms. The van der Waals surface area contributed by atoms with Crippen LogP contribution in [0.4, 0.5) is 0 Å². The van der Waals surface area contributed by atoms with Gasteiger partial charge in [-0.05, 0) is 37.0 Å². The number of hydrogen-bond acceptors (Lipinski definition) is 4. The van der Waals surface area contributed by atoms with Crippen molar-refractivity contribution in [3.8, 4) is 0 Å². The average Bonchev–Trinajstić information content (AvgIpc) is 3.24. The first-order chi connectivity index (χ1) is 12.2. The molecule has 0 radical (unpaired) electrons. The van der Waals surface area contributed by atoms with E-state index in [4.69, 9.17) is 0 Å². The van der Waals surface area contributed by atoms with E-state index in [1.807, 2.05) is 6.08 Å². The van der Waals surface area contributed by atoms with Crippen LogP contribution in [-0.2, 0) is 6.42 Å². The van der Waals surface area contributed by atoms with Crippen molar-refractivity contribution in [1.29, 1.82) is 0 Å². The van der Waals surface area contributed by atoms with Gasteiger partial charge < -0.3 is 0 Å². The van der Waals surface area contributed by atoms with Crippen LogP contribution in [0.2, 0.25) is 0 Å². The average molecular weight is 337 g/mol. The summed E-state index contributed by atoms with van der Waals surface area (Å²) in [6.07, 6.45) is 14.6. The Kier molecular flexibility index (Phi) is 5.38. The molecule has 130 valence electrons. The maximum atomic E-state index is 12.5. The molecule has 3 heterocycles. The summed E-state index contributed by atoms with van der Waals surface area (Å²) in [4.78, 5) is 16.7. The SMILES string of the molecule is CCCC(C)CCc1[nH]ncc1/C=C\C(=O)c1cnn2cccnc12. The zero-order valence-corrected chi connectivity index (χ0v) is 14.6. The predicted molar refractivity (Wildman–Crippen MR) is 97.3 cm³/mol. The van der Waals surface area contributed by atoms with Gasteiger partial charge in [0.15, 0.2) is 11.4 Å². The highest BCUT2D eigenvalue weighted by atomic mass is 16.1. The van der Waals surface area contributed by atoms with Crippen LogP contribution in [0.3, 0.4) is 0 Å². The van der Waals surface area contributed by atoms with E-state index in [9.17, 15) is 4.79 Å². The lowest BCUT2D eigenvalue weighted by atomic mass is 9.98. The minimum Gasteiger partial charge on any atom is -0.289 e. The summed E-state index contributed by atoms with van der Waals surface area (Å²) in [6, 6.07) is 1.78. The summed E-state index contributed by atoms with van der Waals surface area (Å²) >= 11 is 0. The standard InChI is InChI=1S/C19H23N5O/c1-3-5-14(2)6-8-17-15(12-21-23-17)7-9-18(25)16-13-22-24-11-4-10-20-19(16)24/h4,7,9-14H,3,5-6,8H2,1-2H3,(H,21,23)/b9-7-. The first-order valence-electron chi connectivity index (χ1n) is 8.72. The number of nitrogens with zero attached hydrogens (tertiary/aromatic N) is 4. The number of aromatic amines is 1. The second kappa shape index (κ2) is 7.88. The molecule has 0 aliphatic rings. The Morgan fingerprint density at radius 2 is 2.24 bits per heavy atom. The third-order valence-electron chi connectivity index (χ3n) is 4.38. The molecule has 6 heteroatoms. The van der Waals surface area contributed by atoms with Gasteiger partial charge >= 0.3 is 0 Å². The molecule has 1 atom stereocenters. The van der Waals surface area contributed by atoms with E-state index < -0.39 is 0 Å². The lowest BCUT2D eigenvalue weighted by molar-refractivity contribution is 0.104. The highest BCUT2D eigenvalue weighted by Crippen LogP contribution is 2.17. The number of ketones is 1. The van der Waals surface area contributed by atoms with Crippen molar-refractivity contribution in [3.63, 3.8) is 0 Å². The summed E-state index contributed by atoms with van der Waals surface area (Å²) in [5, 5.41) is 11.3. The highest BCUT2D eigenvalue weighted by Gasteiger charge is 2.11. The van der Waals surface area contributed by atoms with Crippen LogP contribution in [0.25, 0.3) is 11.7 Å². The number of hydrogen-bond donors (Lipinski definition) is 1. The maximum absolute atomic E-state index is 12.5. The van der Waals surface area contributed by atoms with E-state index in [-0.39, 0.29) is 5.78 Å². The third kappa shape index (κ3) is 4.02. The van der Waals surface area contributed by atoms with E-state index in [1.54, 1.807) is 41.4 Å². The normalized spacial score (nSPS) is 12.9. The van der Waals surface area contributed by atoms with Crippen LogP contribution in [0.1, 0.15) is 54.7 Å². The van der Waals surface area contributed by atoms with Gasteiger partial charge in [-0.15, -0.1) is 0 Å². The Hall–Kier alpha value is -2.76. The number of carbonyl (C=O) groups excluding carboxylic acids is 1. The monoisotopic (exact) mass is 337 g/mol. The smallest absolute Gasteiger partial charge is 0.191 e. The molecule has 0 amide bonds. The molecule has 3 aromatic rings. The quantitative estimate of drug-likeness (QED) is 0.502. The van der Waals surface area contributed by atoms with Gasteiger partial charge in [0.25, 0.3) is 0 Å².